The molecule has 35 heavy (non-hydrogen) atoms. The second-order valence-corrected chi connectivity index (χ2v) is 9.91. The number of carboxylic acid groups (broad SMARTS) is 1. The van der Waals surface area contributed by atoms with Gasteiger partial charge >= 0.3 is 12.1 Å². The van der Waals surface area contributed by atoms with Crippen LogP contribution in [0, 0.1) is 5.41 Å². The Hall–Kier alpha value is -3.61. The van der Waals surface area contributed by atoms with Gasteiger partial charge in [-0.2, -0.15) is 0 Å². The molecule has 7 heteroatoms. The molecule has 1 aliphatic carbocycles. The summed E-state index contributed by atoms with van der Waals surface area (Å²) in [7, 11) is 0. The number of ether oxygens (including phenoxy) is 1. The number of carboxylic acids is 1. The summed E-state index contributed by atoms with van der Waals surface area (Å²) in [5, 5.41) is 14.7. The fourth-order valence-electron chi connectivity index (χ4n) is 4.36. The maximum Gasteiger partial charge on any atom is 0.407 e. The van der Waals surface area contributed by atoms with Crippen LogP contribution in [0.15, 0.2) is 61.2 Å². The predicted molar refractivity (Wildman–Crippen MR) is 135 cm³/mol. The molecule has 1 aliphatic rings. The zero-order chi connectivity index (χ0) is 25.6. The van der Waals surface area contributed by atoms with E-state index in [1.54, 1.807) is 6.08 Å². The number of fused-ring (bicyclic) bond motifs is 3. The molecule has 3 rings (SSSR count). The summed E-state index contributed by atoms with van der Waals surface area (Å²) in [5.41, 5.74) is 3.99. The highest BCUT2D eigenvalue weighted by molar-refractivity contribution is 5.86. The van der Waals surface area contributed by atoms with E-state index in [-0.39, 0.29) is 18.9 Å². The normalized spacial score (nSPS) is 14.3. The lowest BCUT2D eigenvalue weighted by Gasteiger charge is -2.32. The summed E-state index contributed by atoms with van der Waals surface area (Å²) in [5.74, 6) is -1.53. The predicted octanol–water partition coefficient (Wildman–Crippen LogP) is 4.87. The van der Waals surface area contributed by atoms with Gasteiger partial charge in [0.15, 0.2) is 0 Å². The highest BCUT2D eigenvalue weighted by Crippen LogP contribution is 2.44. The third kappa shape index (κ3) is 6.50. The lowest BCUT2D eigenvalue weighted by atomic mass is 9.84. The number of rotatable bonds is 10. The average molecular weight is 479 g/mol. The molecule has 0 radical (unpaired) electrons. The third-order valence-corrected chi connectivity index (χ3v) is 6.35. The van der Waals surface area contributed by atoms with Gasteiger partial charge in [-0.05, 0) is 40.5 Å². The van der Waals surface area contributed by atoms with Crippen LogP contribution in [0.25, 0.3) is 11.1 Å². The van der Waals surface area contributed by atoms with Crippen LogP contribution in [0.5, 0.6) is 0 Å². The molecule has 2 unspecified atom stereocenters. The van der Waals surface area contributed by atoms with Gasteiger partial charge in [-0.3, -0.25) is 9.59 Å². The number of nitrogens with one attached hydrogen (secondary N) is 2. The smallest absolute Gasteiger partial charge is 0.407 e. The van der Waals surface area contributed by atoms with E-state index in [4.69, 9.17) is 4.74 Å². The number of alkyl carbamates (subject to hydrolysis) is 1. The van der Waals surface area contributed by atoms with E-state index >= 15 is 0 Å². The van der Waals surface area contributed by atoms with Crippen molar-refractivity contribution in [3.05, 3.63) is 72.3 Å². The fourth-order valence-corrected chi connectivity index (χ4v) is 4.36. The number of carbonyl (C=O) groups excluding carboxylic acids is 2. The van der Waals surface area contributed by atoms with Gasteiger partial charge in [-0.1, -0.05) is 75.4 Å². The van der Waals surface area contributed by atoms with Crippen LogP contribution in [-0.2, 0) is 14.3 Å². The van der Waals surface area contributed by atoms with Crippen LogP contribution in [0.1, 0.15) is 57.1 Å². The Balaban J connectivity index is 1.67. The van der Waals surface area contributed by atoms with Crippen LogP contribution >= 0.6 is 0 Å². The largest absolute Gasteiger partial charge is 0.481 e. The summed E-state index contributed by atoms with van der Waals surface area (Å²) >= 11 is 0. The molecule has 2 amide bonds. The van der Waals surface area contributed by atoms with Crippen molar-refractivity contribution < 1.29 is 24.2 Å². The zero-order valence-corrected chi connectivity index (χ0v) is 20.5. The Morgan fingerprint density at radius 2 is 1.60 bits per heavy atom. The molecule has 2 aromatic carbocycles. The van der Waals surface area contributed by atoms with Gasteiger partial charge in [-0.25, -0.2) is 4.79 Å². The van der Waals surface area contributed by atoms with Gasteiger partial charge in [-0.15, -0.1) is 6.58 Å². The minimum Gasteiger partial charge on any atom is -0.481 e. The summed E-state index contributed by atoms with van der Waals surface area (Å²) in [4.78, 5) is 37.0. The monoisotopic (exact) mass is 478 g/mol. The van der Waals surface area contributed by atoms with Crippen molar-refractivity contribution in [3.63, 3.8) is 0 Å². The third-order valence-electron chi connectivity index (χ3n) is 6.35. The van der Waals surface area contributed by atoms with Gasteiger partial charge in [0, 0.05) is 12.0 Å². The van der Waals surface area contributed by atoms with Gasteiger partial charge in [0.2, 0.25) is 5.91 Å². The number of aliphatic carboxylic acids is 1. The molecule has 2 atom stereocenters. The minimum atomic E-state index is -1.00. The van der Waals surface area contributed by atoms with Crippen LogP contribution in [0.4, 0.5) is 4.79 Å². The maximum absolute atomic E-state index is 13.0. The Kier molecular flexibility index (Phi) is 8.33. The lowest BCUT2D eigenvalue weighted by Crippen LogP contribution is -2.53. The first-order valence-electron chi connectivity index (χ1n) is 11.9. The van der Waals surface area contributed by atoms with Crippen molar-refractivity contribution >= 4 is 18.0 Å². The highest BCUT2D eigenvalue weighted by atomic mass is 16.5. The van der Waals surface area contributed by atoms with Crippen LogP contribution in [0.3, 0.4) is 0 Å². The van der Waals surface area contributed by atoms with E-state index in [2.05, 4.69) is 29.3 Å². The summed E-state index contributed by atoms with van der Waals surface area (Å²) in [6, 6.07) is 14.7. The molecule has 0 aromatic heterocycles. The number of hydrogen-bond acceptors (Lipinski definition) is 4. The van der Waals surface area contributed by atoms with Gasteiger partial charge in [0.05, 0.1) is 6.42 Å². The molecule has 0 saturated carbocycles. The first kappa shape index (κ1) is 26.0. The van der Waals surface area contributed by atoms with Crippen molar-refractivity contribution in [2.45, 2.75) is 58.0 Å². The van der Waals surface area contributed by atoms with Crippen molar-refractivity contribution in [3.8, 4) is 11.1 Å². The standard InChI is InChI=1S/C28H34N2O5/c1-5-6-15-23(26(33)30-24(16-25(31)32)28(2,3)4)29-27(34)35-17-22-20-13-9-7-11-18(20)19-12-8-10-14-21(19)22/h5,7-14,22-24H,1,6,15-17H2,2-4H3,(H,29,34)(H,30,33)(H,31,32). The average Bonchev–Trinajstić information content (AvgIpc) is 3.12. The minimum absolute atomic E-state index is 0.0885. The quantitative estimate of drug-likeness (QED) is 0.423. The Morgan fingerprint density at radius 1 is 1.03 bits per heavy atom. The molecule has 0 heterocycles. The Morgan fingerprint density at radius 3 is 2.11 bits per heavy atom. The van der Waals surface area contributed by atoms with E-state index in [0.29, 0.717) is 12.8 Å². The Bertz CT molecular complexity index is 1040. The first-order valence-corrected chi connectivity index (χ1v) is 11.9. The topological polar surface area (TPSA) is 105 Å². The molecular formula is C28H34N2O5. The molecule has 0 spiro atoms. The molecule has 0 aliphatic heterocycles. The van der Waals surface area contributed by atoms with Crippen LogP contribution in [-0.4, -0.2) is 41.8 Å². The highest BCUT2D eigenvalue weighted by Gasteiger charge is 2.32. The van der Waals surface area contributed by atoms with Gasteiger partial charge < -0.3 is 20.5 Å². The van der Waals surface area contributed by atoms with E-state index in [9.17, 15) is 19.5 Å². The van der Waals surface area contributed by atoms with Crippen molar-refractivity contribution in [1.82, 2.24) is 10.6 Å². The Labute approximate surface area is 206 Å². The molecule has 186 valence electrons. The number of benzene rings is 2. The maximum atomic E-state index is 13.0. The molecule has 0 saturated heterocycles. The molecule has 3 N–H and O–H groups in total. The number of amides is 2. The molecular weight excluding hydrogens is 444 g/mol. The van der Waals surface area contributed by atoms with E-state index in [0.717, 1.165) is 22.3 Å². The van der Waals surface area contributed by atoms with Crippen molar-refractivity contribution in [2.75, 3.05) is 6.61 Å². The number of hydrogen-bond donors (Lipinski definition) is 3. The summed E-state index contributed by atoms with van der Waals surface area (Å²) in [6.07, 6.45) is 1.58. The van der Waals surface area contributed by atoms with Crippen molar-refractivity contribution in [1.29, 1.82) is 0 Å². The first-order chi connectivity index (χ1) is 16.6. The van der Waals surface area contributed by atoms with E-state index in [1.807, 2.05) is 57.2 Å². The number of allylic oxidation sites excluding steroid dienone is 1. The number of carbonyl (C=O) groups is 3. The van der Waals surface area contributed by atoms with Crippen molar-refractivity contribution in [2.24, 2.45) is 5.41 Å². The second-order valence-electron chi connectivity index (χ2n) is 9.91. The zero-order valence-electron chi connectivity index (χ0n) is 20.5. The molecule has 2 aromatic rings. The van der Waals surface area contributed by atoms with E-state index in [1.165, 1.54) is 0 Å². The SMILES string of the molecule is C=CCCC(NC(=O)OCC1c2ccccc2-c2ccccc21)C(=O)NC(CC(=O)O)C(C)(C)C. The fraction of sp³-hybridized carbons (Fsp3) is 0.393. The van der Waals surface area contributed by atoms with Gasteiger partial charge in [0.25, 0.3) is 0 Å². The van der Waals surface area contributed by atoms with Crippen LogP contribution in [0.2, 0.25) is 0 Å². The molecule has 0 bridgehead atoms. The second kappa shape index (κ2) is 11.2. The lowest BCUT2D eigenvalue weighted by molar-refractivity contribution is -0.138. The molecule has 0 fully saturated rings. The molecule has 7 nitrogen and oxygen atoms in total. The van der Waals surface area contributed by atoms with Gasteiger partial charge in [0.1, 0.15) is 12.6 Å². The summed E-state index contributed by atoms with van der Waals surface area (Å²) < 4.78 is 5.59. The van der Waals surface area contributed by atoms with E-state index < -0.39 is 35.5 Å². The summed E-state index contributed by atoms with van der Waals surface area (Å²) in [6.45, 7) is 9.41. The van der Waals surface area contributed by atoms with Crippen LogP contribution < -0.4 is 10.6 Å².